The number of anilines is 1. The Balaban J connectivity index is 2.08. The average molecular weight is 580 g/mol. The van der Waals surface area contributed by atoms with Gasteiger partial charge in [0.15, 0.2) is 0 Å². The Bertz CT molecular complexity index is 1390. The van der Waals surface area contributed by atoms with Crippen LogP contribution in [0.25, 0.3) is 0 Å². The van der Waals surface area contributed by atoms with Gasteiger partial charge in [0.05, 0.1) is 18.6 Å². The quantitative estimate of drug-likeness (QED) is 0.298. The molecule has 0 heterocycles. The summed E-state index contributed by atoms with van der Waals surface area (Å²) in [5.41, 5.74) is 3.06. The molecule has 0 aromatic heterocycles. The van der Waals surface area contributed by atoms with E-state index < -0.39 is 28.5 Å². The van der Waals surface area contributed by atoms with Gasteiger partial charge in [0.2, 0.25) is 21.8 Å². The molecule has 8 nitrogen and oxygen atoms in total. The Morgan fingerprint density at radius 1 is 0.902 bits per heavy atom. The monoisotopic (exact) mass is 579 g/mol. The molecule has 3 aromatic carbocycles. The van der Waals surface area contributed by atoms with Gasteiger partial charge >= 0.3 is 0 Å². The maximum absolute atomic E-state index is 14.2. The molecule has 0 fully saturated rings. The number of sulfonamides is 1. The summed E-state index contributed by atoms with van der Waals surface area (Å²) in [5.74, 6) is -0.430. The van der Waals surface area contributed by atoms with E-state index in [2.05, 4.69) is 5.32 Å². The highest BCUT2D eigenvalue weighted by Crippen LogP contribution is 2.30. The summed E-state index contributed by atoms with van der Waals surface area (Å²) >= 11 is 0. The van der Waals surface area contributed by atoms with Crippen LogP contribution in [-0.2, 0) is 32.6 Å². The van der Waals surface area contributed by atoms with Crippen molar-refractivity contribution in [2.75, 3.05) is 23.7 Å². The van der Waals surface area contributed by atoms with E-state index in [-0.39, 0.29) is 30.6 Å². The molecule has 220 valence electrons. The van der Waals surface area contributed by atoms with Crippen molar-refractivity contribution in [1.82, 2.24) is 10.2 Å². The molecule has 41 heavy (non-hydrogen) atoms. The Morgan fingerprint density at radius 2 is 1.54 bits per heavy atom. The molecule has 0 aliphatic carbocycles. The minimum atomic E-state index is -3.89. The van der Waals surface area contributed by atoms with Gasteiger partial charge in [0, 0.05) is 19.0 Å². The number of benzene rings is 3. The number of para-hydroxylation sites is 2. The van der Waals surface area contributed by atoms with Crippen LogP contribution in [0.4, 0.5) is 5.69 Å². The lowest BCUT2D eigenvalue weighted by Gasteiger charge is -2.34. The van der Waals surface area contributed by atoms with Crippen LogP contribution in [0.1, 0.15) is 43.9 Å². The van der Waals surface area contributed by atoms with Crippen molar-refractivity contribution in [3.63, 3.8) is 0 Å². The first-order chi connectivity index (χ1) is 19.5. The predicted octanol–water partition coefficient (Wildman–Crippen LogP) is 4.71. The highest BCUT2D eigenvalue weighted by molar-refractivity contribution is 7.92. The van der Waals surface area contributed by atoms with E-state index in [9.17, 15) is 18.0 Å². The first kappa shape index (κ1) is 31.7. The lowest BCUT2D eigenvalue weighted by molar-refractivity contribution is -0.140. The number of nitrogens with one attached hydrogen (secondary N) is 1. The largest absolute Gasteiger partial charge is 0.492 e. The highest BCUT2D eigenvalue weighted by atomic mass is 32.2. The zero-order valence-electron chi connectivity index (χ0n) is 24.5. The fourth-order valence-corrected chi connectivity index (χ4v) is 5.27. The van der Waals surface area contributed by atoms with Gasteiger partial charge in [-0.2, -0.15) is 0 Å². The van der Waals surface area contributed by atoms with Gasteiger partial charge in [0.25, 0.3) is 0 Å². The number of aryl methyl sites for hydroxylation is 1. The van der Waals surface area contributed by atoms with E-state index in [1.165, 1.54) is 4.90 Å². The van der Waals surface area contributed by atoms with Crippen LogP contribution in [0.2, 0.25) is 0 Å². The van der Waals surface area contributed by atoms with Crippen molar-refractivity contribution in [2.45, 2.75) is 59.2 Å². The SMILES string of the molecule is CCOc1ccccc1N(CC(=O)N(Cc1ccc(C)cc1)[C@@H](Cc1ccccc1)C(=O)N[C@H](C)CC)S(C)(=O)=O. The van der Waals surface area contributed by atoms with Crippen LogP contribution in [-0.4, -0.2) is 56.6 Å². The van der Waals surface area contributed by atoms with Gasteiger partial charge in [-0.25, -0.2) is 8.42 Å². The molecule has 0 aliphatic rings. The second kappa shape index (κ2) is 14.7. The van der Waals surface area contributed by atoms with Gasteiger partial charge < -0.3 is 15.0 Å². The van der Waals surface area contributed by atoms with Crippen LogP contribution >= 0.6 is 0 Å². The second-order valence-corrected chi connectivity index (χ2v) is 12.1. The molecule has 2 amide bonds. The summed E-state index contributed by atoms with van der Waals surface area (Å²) in [4.78, 5) is 29.4. The van der Waals surface area contributed by atoms with E-state index in [1.54, 1.807) is 31.2 Å². The standard InChI is InChI=1S/C32H41N3O5S/c1-6-25(4)33-32(37)29(21-26-13-9-8-10-14-26)34(22-27-19-17-24(3)18-20-27)31(36)23-35(41(5,38)39)28-15-11-12-16-30(28)40-7-2/h8-20,25,29H,6-7,21-23H2,1-5H3,(H,33,37)/t25-,29+/m1/s1. The van der Waals surface area contributed by atoms with Crippen LogP contribution in [0.5, 0.6) is 5.75 Å². The Morgan fingerprint density at radius 3 is 2.15 bits per heavy atom. The predicted molar refractivity (Wildman–Crippen MR) is 163 cm³/mol. The van der Waals surface area contributed by atoms with Crippen molar-refractivity contribution in [3.8, 4) is 5.75 Å². The lowest BCUT2D eigenvalue weighted by Crippen LogP contribution is -2.54. The first-order valence-corrected chi connectivity index (χ1v) is 15.8. The molecule has 3 aromatic rings. The van der Waals surface area contributed by atoms with E-state index in [0.29, 0.717) is 12.4 Å². The van der Waals surface area contributed by atoms with E-state index in [4.69, 9.17) is 4.74 Å². The molecule has 2 atom stereocenters. The third kappa shape index (κ3) is 9.08. The molecule has 0 saturated carbocycles. The number of amides is 2. The zero-order valence-corrected chi connectivity index (χ0v) is 25.4. The molecule has 0 aliphatic heterocycles. The molecular weight excluding hydrogens is 538 g/mol. The minimum absolute atomic E-state index is 0.0947. The Kier molecular flexibility index (Phi) is 11.3. The molecule has 0 bridgehead atoms. The fourth-order valence-electron chi connectivity index (χ4n) is 4.42. The molecule has 0 unspecified atom stereocenters. The topological polar surface area (TPSA) is 96.0 Å². The van der Waals surface area contributed by atoms with Crippen LogP contribution < -0.4 is 14.4 Å². The molecule has 0 radical (unpaired) electrons. The summed E-state index contributed by atoms with van der Waals surface area (Å²) in [5, 5.41) is 3.04. The second-order valence-electron chi connectivity index (χ2n) is 10.2. The van der Waals surface area contributed by atoms with Crippen molar-refractivity contribution >= 4 is 27.5 Å². The van der Waals surface area contributed by atoms with Crippen molar-refractivity contribution < 1.29 is 22.7 Å². The summed E-state index contributed by atoms with van der Waals surface area (Å²) in [6, 6.07) is 23.0. The zero-order chi connectivity index (χ0) is 30.0. The van der Waals surface area contributed by atoms with Crippen LogP contribution in [0.3, 0.4) is 0 Å². The van der Waals surface area contributed by atoms with Crippen molar-refractivity contribution in [1.29, 1.82) is 0 Å². The first-order valence-electron chi connectivity index (χ1n) is 13.9. The molecule has 1 N–H and O–H groups in total. The molecule has 3 rings (SSSR count). The Labute approximate surface area is 244 Å². The number of nitrogens with zero attached hydrogens (tertiary/aromatic N) is 2. The van der Waals surface area contributed by atoms with E-state index in [0.717, 1.165) is 33.7 Å². The smallest absolute Gasteiger partial charge is 0.244 e. The third-order valence-corrected chi connectivity index (χ3v) is 7.99. The maximum atomic E-state index is 14.2. The number of hydrogen-bond donors (Lipinski definition) is 1. The fraction of sp³-hybridized carbons (Fsp3) is 0.375. The highest BCUT2D eigenvalue weighted by Gasteiger charge is 2.34. The summed E-state index contributed by atoms with van der Waals surface area (Å²) < 4.78 is 32.8. The lowest BCUT2D eigenvalue weighted by atomic mass is 10.0. The number of carbonyl (C=O) groups is 2. The van der Waals surface area contributed by atoms with E-state index >= 15 is 0 Å². The van der Waals surface area contributed by atoms with E-state index in [1.807, 2.05) is 75.4 Å². The summed E-state index contributed by atoms with van der Waals surface area (Å²) in [6.07, 6.45) is 2.06. The molecule has 0 saturated heterocycles. The van der Waals surface area contributed by atoms with Gasteiger partial charge in [-0.1, -0.05) is 79.2 Å². The normalized spacial score (nSPS) is 12.7. The van der Waals surface area contributed by atoms with Gasteiger partial charge in [-0.05, 0) is 50.5 Å². The number of hydrogen-bond acceptors (Lipinski definition) is 5. The molecule has 0 spiro atoms. The third-order valence-electron chi connectivity index (χ3n) is 6.86. The number of rotatable bonds is 14. The summed E-state index contributed by atoms with van der Waals surface area (Å²) in [6.45, 7) is 7.65. The average Bonchev–Trinajstić information content (AvgIpc) is 2.95. The van der Waals surface area contributed by atoms with Gasteiger partial charge in [0.1, 0.15) is 18.3 Å². The number of carbonyl (C=O) groups excluding carboxylic acids is 2. The number of ether oxygens (including phenoxy) is 1. The molecular formula is C32H41N3O5S. The van der Waals surface area contributed by atoms with Gasteiger partial charge in [-0.15, -0.1) is 0 Å². The van der Waals surface area contributed by atoms with Gasteiger partial charge in [-0.3, -0.25) is 13.9 Å². The van der Waals surface area contributed by atoms with Crippen LogP contribution in [0.15, 0.2) is 78.9 Å². The Hall–Kier alpha value is -3.85. The summed E-state index contributed by atoms with van der Waals surface area (Å²) in [7, 11) is -3.89. The molecule has 9 heteroatoms. The van der Waals surface area contributed by atoms with Crippen molar-refractivity contribution in [2.24, 2.45) is 0 Å². The minimum Gasteiger partial charge on any atom is -0.492 e. The van der Waals surface area contributed by atoms with Crippen molar-refractivity contribution in [3.05, 3.63) is 95.6 Å². The maximum Gasteiger partial charge on any atom is 0.244 e. The van der Waals surface area contributed by atoms with Crippen LogP contribution in [0, 0.1) is 6.92 Å².